The van der Waals surface area contributed by atoms with Crippen LogP contribution in [0.5, 0.6) is 0 Å². The molecule has 2 aliphatic rings. The molecule has 0 bridgehead atoms. The minimum Gasteiger partial charge on any atom is -0.313 e. The number of nitrogens with one attached hydrogen (secondary N) is 1. The molecular weight excluding hydrogens is 244 g/mol. The molecule has 1 aliphatic carbocycles. The number of nitrogens with zero attached hydrogens (tertiary/aromatic N) is 1. The van der Waals surface area contributed by atoms with Gasteiger partial charge in [0.05, 0.1) is 0 Å². The number of hydrogen-bond donors (Lipinski definition) is 1. The van der Waals surface area contributed by atoms with Gasteiger partial charge in [0, 0.05) is 19.1 Å². The molecule has 2 heteroatoms. The highest BCUT2D eigenvalue weighted by Crippen LogP contribution is 2.37. The first kappa shape index (κ1) is 16.3. The fourth-order valence-corrected chi connectivity index (χ4v) is 4.25. The normalized spacial score (nSPS) is 31.4. The van der Waals surface area contributed by atoms with Crippen LogP contribution in [0, 0.1) is 11.3 Å². The summed E-state index contributed by atoms with van der Waals surface area (Å²) in [5, 5.41) is 3.81. The maximum Gasteiger partial charge on any atom is 0.0107 e. The monoisotopic (exact) mass is 280 g/mol. The van der Waals surface area contributed by atoms with Crippen LogP contribution >= 0.6 is 0 Å². The van der Waals surface area contributed by atoms with Crippen molar-refractivity contribution < 1.29 is 0 Å². The Hall–Kier alpha value is -0.0800. The van der Waals surface area contributed by atoms with Crippen molar-refractivity contribution in [2.45, 2.75) is 78.2 Å². The molecule has 2 atom stereocenters. The first-order valence-electron chi connectivity index (χ1n) is 9.13. The SMILES string of the molecule is CCC1(CC)CCN(CCNC2CCCC(C)C2)CC1. The van der Waals surface area contributed by atoms with E-state index in [0.29, 0.717) is 5.41 Å². The Morgan fingerprint density at radius 3 is 2.40 bits per heavy atom. The minimum atomic E-state index is 0.669. The molecule has 2 unspecified atom stereocenters. The average molecular weight is 281 g/mol. The van der Waals surface area contributed by atoms with Crippen molar-refractivity contribution in [3.63, 3.8) is 0 Å². The second-order valence-electron chi connectivity index (χ2n) is 7.47. The lowest BCUT2D eigenvalue weighted by molar-refractivity contribution is 0.0949. The van der Waals surface area contributed by atoms with Gasteiger partial charge in [0.15, 0.2) is 0 Å². The number of piperidine rings is 1. The van der Waals surface area contributed by atoms with Crippen LogP contribution in [0.2, 0.25) is 0 Å². The molecule has 1 saturated heterocycles. The smallest absolute Gasteiger partial charge is 0.0107 e. The zero-order chi connectivity index (χ0) is 14.4. The predicted molar refractivity (Wildman–Crippen MR) is 88.1 cm³/mol. The summed E-state index contributed by atoms with van der Waals surface area (Å²) in [7, 11) is 0. The maximum atomic E-state index is 3.81. The van der Waals surface area contributed by atoms with Crippen molar-refractivity contribution in [2.24, 2.45) is 11.3 Å². The molecule has 2 nitrogen and oxygen atoms in total. The van der Waals surface area contributed by atoms with E-state index in [1.165, 1.54) is 77.5 Å². The van der Waals surface area contributed by atoms with Crippen molar-refractivity contribution in [1.82, 2.24) is 10.2 Å². The second kappa shape index (κ2) is 7.79. The molecule has 1 heterocycles. The molecule has 20 heavy (non-hydrogen) atoms. The van der Waals surface area contributed by atoms with Crippen molar-refractivity contribution in [3.05, 3.63) is 0 Å². The molecular formula is C18H36N2. The van der Waals surface area contributed by atoms with E-state index in [4.69, 9.17) is 0 Å². The third-order valence-corrected chi connectivity index (χ3v) is 6.21. The van der Waals surface area contributed by atoms with Gasteiger partial charge in [-0.1, -0.05) is 46.5 Å². The van der Waals surface area contributed by atoms with Gasteiger partial charge < -0.3 is 10.2 Å². The average Bonchev–Trinajstić information content (AvgIpc) is 2.48. The van der Waals surface area contributed by atoms with Crippen molar-refractivity contribution in [2.75, 3.05) is 26.2 Å². The lowest BCUT2D eigenvalue weighted by Crippen LogP contribution is -2.44. The van der Waals surface area contributed by atoms with E-state index in [1.807, 2.05) is 0 Å². The van der Waals surface area contributed by atoms with Crippen LogP contribution in [-0.4, -0.2) is 37.1 Å². The first-order valence-corrected chi connectivity index (χ1v) is 9.13. The van der Waals surface area contributed by atoms with Gasteiger partial charge in [-0.3, -0.25) is 0 Å². The fourth-order valence-electron chi connectivity index (χ4n) is 4.25. The van der Waals surface area contributed by atoms with E-state index >= 15 is 0 Å². The van der Waals surface area contributed by atoms with Crippen LogP contribution in [0.3, 0.4) is 0 Å². The van der Waals surface area contributed by atoms with Crippen LogP contribution in [0.15, 0.2) is 0 Å². The summed E-state index contributed by atoms with van der Waals surface area (Å²) in [6.45, 7) is 12.3. The van der Waals surface area contributed by atoms with Crippen molar-refractivity contribution >= 4 is 0 Å². The first-order chi connectivity index (χ1) is 9.67. The van der Waals surface area contributed by atoms with Crippen LogP contribution in [0.25, 0.3) is 0 Å². The second-order valence-corrected chi connectivity index (χ2v) is 7.47. The standard InChI is InChI=1S/C18H36N2/c1-4-18(5-2)9-12-20(13-10-18)14-11-19-17-8-6-7-16(3)15-17/h16-17,19H,4-15H2,1-3H3. The lowest BCUT2D eigenvalue weighted by atomic mass is 9.74. The predicted octanol–water partition coefficient (Wildman–Crippen LogP) is 4.06. The van der Waals surface area contributed by atoms with E-state index in [-0.39, 0.29) is 0 Å². The Labute approximate surface area is 126 Å². The summed E-state index contributed by atoms with van der Waals surface area (Å²) in [6.07, 6.45) is 11.2. The quantitative estimate of drug-likeness (QED) is 0.789. The summed E-state index contributed by atoms with van der Waals surface area (Å²) in [5.74, 6) is 0.936. The van der Waals surface area contributed by atoms with Gasteiger partial charge >= 0.3 is 0 Å². The van der Waals surface area contributed by atoms with E-state index in [9.17, 15) is 0 Å². The summed E-state index contributed by atoms with van der Waals surface area (Å²) in [4.78, 5) is 2.68. The van der Waals surface area contributed by atoms with E-state index < -0.39 is 0 Å². The van der Waals surface area contributed by atoms with Gasteiger partial charge in [-0.15, -0.1) is 0 Å². The third kappa shape index (κ3) is 4.46. The Balaban J connectivity index is 1.61. The molecule has 0 spiro atoms. The van der Waals surface area contributed by atoms with Crippen LogP contribution < -0.4 is 5.32 Å². The Morgan fingerprint density at radius 1 is 1.10 bits per heavy atom. The molecule has 0 aromatic carbocycles. The summed E-state index contributed by atoms with van der Waals surface area (Å²) in [5.41, 5.74) is 0.669. The molecule has 0 aromatic rings. The summed E-state index contributed by atoms with van der Waals surface area (Å²) < 4.78 is 0. The van der Waals surface area contributed by atoms with Crippen LogP contribution in [0.1, 0.15) is 72.1 Å². The van der Waals surface area contributed by atoms with E-state index in [0.717, 1.165) is 12.0 Å². The zero-order valence-electron chi connectivity index (χ0n) is 14.1. The topological polar surface area (TPSA) is 15.3 Å². The Bertz CT molecular complexity index is 263. The molecule has 1 saturated carbocycles. The lowest BCUT2D eigenvalue weighted by Gasteiger charge is -2.41. The van der Waals surface area contributed by atoms with Crippen LogP contribution in [-0.2, 0) is 0 Å². The Kier molecular flexibility index (Phi) is 6.35. The molecule has 1 aliphatic heterocycles. The molecule has 2 rings (SSSR count). The molecule has 0 radical (unpaired) electrons. The van der Waals surface area contributed by atoms with E-state index in [1.54, 1.807) is 0 Å². The molecule has 2 fully saturated rings. The van der Waals surface area contributed by atoms with Crippen LogP contribution in [0.4, 0.5) is 0 Å². The van der Waals surface area contributed by atoms with Gasteiger partial charge in [-0.25, -0.2) is 0 Å². The number of likely N-dealkylation sites (tertiary alicyclic amines) is 1. The third-order valence-electron chi connectivity index (χ3n) is 6.21. The number of rotatable bonds is 6. The summed E-state index contributed by atoms with van der Waals surface area (Å²) in [6, 6.07) is 0.800. The van der Waals surface area contributed by atoms with Gasteiger partial charge in [-0.2, -0.15) is 0 Å². The maximum absolute atomic E-state index is 3.81. The van der Waals surface area contributed by atoms with Crippen molar-refractivity contribution in [1.29, 1.82) is 0 Å². The van der Waals surface area contributed by atoms with Gasteiger partial charge in [0.2, 0.25) is 0 Å². The largest absolute Gasteiger partial charge is 0.313 e. The van der Waals surface area contributed by atoms with E-state index in [2.05, 4.69) is 31.0 Å². The highest BCUT2D eigenvalue weighted by atomic mass is 15.1. The highest BCUT2D eigenvalue weighted by molar-refractivity contribution is 4.84. The molecule has 0 aromatic heterocycles. The number of hydrogen-bond acceptors (Lipinski definition) is 2. The Morgan fingerprint density at radius 2 is 1.80 bits per heavy atom. The van der Waals surface area contributed by atoms with Gasteiger partial charge in [-0.05, 0) is 50.1 Å². The zero-order valence-corrected chi connectivity index (χ0v) is 14.1. The molecule has 118 valence electrons. The summed E-state index contributed by atoms with van der Waals surface area (Å²) >= 11 is 0. The fraction of sp³-hybridized carbons (Fsp3) is 1.00. The van der Waals surface area contributed by atoms with Crippen molar-refractivity contribution in [3.8, 4) is 0 Å². The molecule has 1 N–H and O–H groups in total. The van der Waals surface area contributed by atoms with Gasteiger partial charge in [0.25, 0.3) is 0 Å². The highest BCUT2D eigenvalue weighted by Gasteiger charge is 2.30. The molecule has 0 amide bonds. The van der Waals surface area contributed by atoms with Gasteiger partial charge in [0.1, 0.15) is 0 Å². The minimum absolute atomic E-state index is 0.669.